The first-order valence-electron chi connectivity index (χ1n) is 7.09. The summed E-state index contributed by atoms with van der Waals surface area (Å²) in [4.78, 5) is 25.4. The molecular formula is C16H19BrFNO3. The van der Waals surface area contributed by atoms with Crippen LogP contribution in [0.1, 0.15) is 42.3 Å². The van der Waals surface area contributed by atoms with Crippen LogP contribution in [0.25, 0.3) is 0 Å². The van der Waals surface area contributed by atoms with Crippen LogP contribution in [0.2, 0.25) is 0 Å². The lowest BCUT2D eigenvalue weighted by Crippen LogP contribution is -2.40. The van der Waals surface area contributed by atoms with Crippen LogP contribution in [-0.2, 0) is 17.7 Å². The fourth-order valence-electron chi connectivity index (χ4n) is 2.35. The van der Waals surface area contributed by atoms with E-state index in [2.05, 4.69) is 15.9 Å². The molecule has 1 aromatic carbocycles. The van der Waals surface area contributed by atoms with Crippen molar-refractivity contribution in [3.63, 3.8) is 0 Å². The molecule has 0 N–H and O–H groups in total. The van der Waals surface area contributed by atoms with E-state index in [-0.39, 0.29) is 16.7 Å². The second-order valence-electron chi connectivity index (χ2n) is 6.31. The summed E-state index contributed by atoms with van der Waals surface area (Å²) >= 11 is 3.05. The molecule has 4 nitrogen and oxygen atoms in total. The number of fused-ring (bicyclic) bond motifs is 1. The molecule has 1 heterocycles. The number of carbonyl (C=O) groups excluding carboxylic acids is 2. The van der Waals surface area contributed by atoms with Crippen LogP contribution < -0.4 is 0 Å². The lowest BCUT2D eigenvalue weighted by molar-refractivity contribution is 0.0224. The number of carbonyl (C=O) groups is 2. The molecule has 22 heavy (non-hydrogen) atoms. The minimum atomic E-state index is -0.558. The van der Waals surface area contributed by atoms with E-state index in [9.17, 15) is 14.0 Å². The third-order valence-corrected chi connectivity index (χ3v) is 3.88. The van der Waals surface area contributed by atoms with Gasteiger partial charge in [0, 0.05) is 13.1 Å². The summed E-state index contributed by atoms with van der Waals surface area (Å²) in [5, 5.41) is 0.0679. The second kappa shape index (κ2) is 6.36. The van der Waals surface area contributed by atoms with E-state index in [1.807, 2.05) is 20.8 Å². The van der Waals surface area contributed by atoms with Gasteiger partial charge in [0.1, 0.15) is 11.4 Å². The number of ketones is 1. The predicted octanol–water partition coefficient (Wildman–Crippen LogP) is 3.70. The Bertz CT molecular complexity index is 610. The minimum absolute atomic E-state index is 0.0571. The molecule has 0 fully saturated rings. The van der Waals surface area contributed by atoms with Crippen molar-refractivity contribution >= 4 is 27.8 Å². The maximum absolute atomic E-state index is 13.9. The molecule has 120 valence electrons. The topological polar surface area (TPSA) is 46.6 Å². The van der Waals surface area contributed by atoms with Crippen LogP contribution in [-0.4, -0.2) is 34.3 Å². The zero-order chi connectivity index (χ0) is 16.5. The van der Waals surface area contributed by atoms with Gasteiger partial charge in [-0.2, -0.15) is 0 Å². The van der Waals surface area contributed by atoms with Crippen molar-refractivity contribution < 1.29 is 18.7 Å². The maximum atomic E-state index is 13.9. The highest BCUT2D eigenvalue weighted by Crippen LogP contribution is 2.24. The first kappa shape index (κ1) is 16.9. The smallest absolute Gasteiger partial charge is 0.410 e. The number of hydrogen-bond acceptors (Lipinski definition) is 3. The van der Waals surface area contributed by atoms with E-state index < -0.39 is 17.5 Å². The molecule has 0 saturated heterocycles. The molecular weight excluding hydrogens is 353 g/mol. The Balaban J connectivity index is 2.22. The number of benzene rings is 1. The van der Waals surface area contributed by atoms with E-state index in [0.717, 1.165) is 11.1 Å². The van der Waals surface area contributed by atoms with Crippen LogP contribution in [0, 0.1) is 5.82 Å². The van der Waals surface area contributed by atoms with Crippen LogP contribution in [0.3, 0.4) is 0 Å². The highest BCUT2D eigenvalue weighted by Gasteiger charge is 2.27. The van der Waals surface area contributed by atoms with Gasteiger partial charge >= 0.3 is 6.09 Å². The molecule has 1 amide bonds. The number of ether oxygens (including phenoxy) is 1. The Morgan fingerprint density at radius 2 is 2.00 bits per heavy atom. The Morgan fingerprint density at radius 1 is 1.32 bits per heavy atom. The normalized spacial score (nSPS) is 14.5. The molecule has 2 rings (SSSR count). The lowest BCUT2D eigenvalue weighted by atomic mass is 9.96. The van der Waals surface area contributed by atoms with Gasteiger partial charge in [-0.25, -0.2) is 9.18 Å². The predicted molar refractivity (Wildman–Crippen MR) is 84.9 cm³/mol. The summed E-state index contributed by atoms with van der Waals surface area (Å²) in [6.07, 6.45) is 0.157. The van der Waals surface area contributed by atoms with Crippen molar-refractivity contribution in [3.8, 4) is 0 Å². The summed E-state index contributed by atoms with van der Waals surface area (Å²) in [5.41, 5.74) is 1.13. The number of Topliss-reactive ketones (excluding diaryl/α,β-unsaturated/α-hetero) is 1. The molecule has 0 atom stereocenters. The van der Waals surface area contributed by atoms with E-state index in [4.69, 9.17) is 4.74 Å². The summed E-state index contributed by atoms with van der Waals surface area (Å²) in [6, 6.07) is 2.95. The third kappa shape index (κ3) is 3.85. The van der Waals surface area contributed by atoms with Gasteiger partial charge in [0.05, 0.1) is 10.9 Å². The third-order valence-electron chi connectivity index (χ3n) is 3.38. The molecule has 0 radical (unpaired) electrons. The van der Waals surface area contributed by atoms with Crippen LogP contribution in [0.15, 0.2) is 12.1 Å². The Morgan fingerprint density at radius 3 is 2.59 bits per heavy atom. The first-order chi connectivity index (χ1) is 10.2. The van der Waals surface area contributed by atoms with Crippen molar-refractivity contribution in [2.24, 2.45) is 0 Å². The molecule has 1 aromatic rings. The minimum Gasteiger partial charge on any atom is -0.444 e. The van der Waals surface area contributed by atoms with Crippen molar-refractivity contribution in [1.29, 1.82) is 0 Å². The largest absolute Gasteiger partial charge is 0.444 e. The average molecular weight is 372 g/mol. The van der Waals surface area contributed by atoms with E-state index >= 15 is 0 Å². The van der Waals surface area contributed by atoms with Gasteiger partial charge in [0.15, 0.2) is 5.78 Å². The molecule has 0 aromatic heterocycles. The van der Waals surface area contributed by atoms with Crippen molar-refractivity contribution in [2.75, 3.05) is 11.9 Å². The molecule has 0 aliphatic carbocycles. The number of rotatable bonds is 2. The van der Waals surface area contributed by atoms with Crippen LogP contribution in [0.4, 0.5) is 9.18 Å². The average Bonchev–Trinajstić information content (AvgIpc) is 2.43. The molecule has 0 unspecified atom stereocenters. The number of halogens is 2. The fourth-order valence-corrected chi connectivity index (χ4v) is 2.65. The lowest BCUT2D eigenvalue weighted by Gasteiger charge is -2.31. The quantitative estimate of drug-likeness (QED) is 0.588. The summed E-state index contributed by atoms with van der Waals surface area (Å²) in [6.45, 7) is 6.24. The standard InChI is InChI=1S/C16H19BrFNO3/c1-16(2,3)22-15(21)19-5-4-10-7-13(18)12(14(20)8-17)6-11(10)9-19/h6-7H,4-5,8-9H2,1-3H3. The first-order valence-corrected chi connectivity index (χ1v) is 8.22. The van der Waals surface area contributed by atoms with Gasteiger partial charge in [-0.15, -0.1) is 0 Å². The highest BCUT2D eigenvalue weighted by molar-refractivity contribution is 9.09. The van der Waals surface area contributed by atoms with Gasteiger partial charge < -0.3 is 9.64 Å². The molecule has 6 heteroatoms. The second-order valence-corrected chi connectivity index (χ2v) is 6.87. The summed E-state index contributed by atoms with van der Waals surface area (Å²) < 4.78 is 19.3. The van der Waals surface area contributed by atoms with Gasteiger partial charge in [0.2, 0.25) is 0 Å². The molecule has 0 saturated carbocycles. The number of alkyl halides is 1. The SMILES string of the molecule is CC(C)(C)OC(=O)N1CCc2cc(F)c(C(=O)CBr)cc2C1. The molecule has 1 aliphatic rings. The molecule has 0 bridgehead atoms. The molecule has 1 aliphatic heterocycles. The van der Waals surface area contributed by atoms with E-state index in [1.165, 1.54) is 6.07 Å². The number of nitrogens with zero attached hydrogens (tertiary/aromatic N) is 1. The zero-order valence-corrected chi connectivity index (χ0v) is 14.5. The van der Waals surface area contributed by atoms with Crippen molar-refractivity contribution in [1.82, 2.24) is 4.90 Å². The fraction of sp³-hybridized carbons (Fsp3) is 0.500. The summed E-state index contributed by atoms with van der Waals surface area (Å²) in [5.74, 6) is -0.816. The van der Waals surface area contributed by atoms with Crippen molar-refractivity contribution in [3.05, 3.63) is 34.6 Å². The van der Waals surface area contributed by atoms with Crippen LogP contribution >= 0.6 is 15.9 Å². The Kier molecular flexibility index (Phi) is 4.90. The summed E-state index contributed by atoms with van der Waals surface area (Å²) in [7, 11) is 0. The Labute approximate surface area is 137 Å². The highest BCUT2D eigenvalue weighted by atomic mass is 79.9. The van der Waals surface area contributed by atoms with Crippen molar-refractivity contribution in [2.45, 2.75) is 39.3 Å². The monoisotopic (exact) mass is 371 g/mol. The van der Waals surface area contributed by atoms with Gasteiger partial charge in [0.25, 0.3) is 0 Å². The van der Waals surface area contributed by atoms with Gasteiger partial charge in [-0.1, -0.05) is 15.9 Å². The maximum Gasteiger partial charge on any atom is 0.410 e. The zero-order valence-electron chi connectivity index (χ0n) is 12.9. The Hall–Kier alpha value is -1.43. The number of amides is 1. The van der Waals surface area contributed by atoms with Gasteiger partial charge in [-0.05, 0) is 50.5 Å². The van der Waals surface area contributed by atoms with E-state index in [1.54, 1.807) is 11.0 Å². The molecule has 0 spiro atoms. The van der Waals surface area contributed by atoms with E-state index in [0.29, 0.717) is 19.5 Å². The number of hydrogen-bond donors (Lipinski definition) is 0. The van der Waals surface area contributed by atoms with Crippen LogP contribution in [0.5, 0.6) is 0 Å². The van der Waals surface area contributed by atoms with Gasteiger partial charge in [-0.3, -0.25) is 4.79 Å².